The number of nitrogens with one attached hydrogen (secondary N) is 1. The van der Waals surface area contributed by atoms with Gasteiger partial charge in [0, 0.05) is 27.8 Å². The summed E-state index contributed by atoms with van der Waals surface area (Å²) in [6.45, 7) is 3.90. The van der Waals surface area contributed by atoms with Crippen LogP contribution in [0.2, 0.25) is 0 Å². The Kier molecular flexibility index (Phi) is 6.49. The normalized spacial score (nSPS) is 10.6. The molecule has 150 valence electrons. The first-order valence-corrected chi connectivity index (χ1v) is 9.97. The molecule has 2 aromatic carbocycles. The lowest BCUT2D eigenvalue weighted by Gasteiger charge is -2.08. The fourth-order valence-corrected chi connectivity index (χ4v) is 3.37. The predicted octanol–water partition coefficient (Wildman–Crippen LogP) is 4.61. The summed E-state index contributed by atoms with van der Waals surface area (Å²) in [6.07, 6.45) is 0.900. The SMILES string of the molecule is COC(=O)CCc1c(C)nn(-c2ccc(C(=O)Nc3ccc(Br)cc3)cc2)c1C. The molecule has 1 N–H and O–H groups in total. The molecular formula is C22H22BrN3O3. The monoisotopic (exact) mass is 455 g/mol. The average Bonchev–Trinajstić information content (AvgIpc) is 3.01. The van der Waals surface area contributed by atoms with Crippen LogP contribution in [-0.2, 0) is 16.0 Å². The van der Waals surface area contributed by atoms with Gasteiger partial charge < -0.3 is 10.1 Å². The molecule has 7 heteroatoms. The van der Waals surface area contributed by atoms with Crippen LogP contribution in [0.1, 0.15) is 33.7 Å². The maximum atomic E-state index is 12.5. The van der Waals surface area contributed by atoms with Gasteiger partial charge in [0.25, 0.3) is 5.91 Å². The summed E-state index contributed by atoms with van der Waals surface area (Å²) < 4.78 is 7.51. The van der Waals surface area contributed by atoms with Gasteiger partial charge in [0.05, 0.1) is 18.5 Å². The van der Waals surface area contributed by atoms with Crippen molar-refractivity contribution in [3.05, 3.63) is 75.5 Å². The third-order valence-corrected chi connectivity index (χ3v) is 5.25. The lowest BCUT2D eigenvalue weighted by Crippen LogP contribution is -2.12. The summed E-state index contributed by atoms with van der Waals surface area (Å²) in [5.74, 6) is -0.413. The number of rotatable bonds is 6. The van der Waals surface area contributed by atoms with E-state index in [1.54, 1.807) is 12.1 Å². The molecule has 0 atom stereocenters. The standard InChI is InChI=1S/C22H22BrN3O3/c1-14-20(12-13-21(27)29-3)15(2)26(25-14)19-10-4-16(5-11-19)22(28)24-18-8-6-17(23)7-9-18/h4-11H,12-13H2,1-3H3,(H,24,28). The summed E-state index contributed by atoms with van der Waals surface area (Å²) in [4.78, 5) is 23.9. The Morgan fingerprint density at radius 2 is 1.72 bits per heavy atom. The molecule has 0 fully saturated rings. The third kappa shape index (κ3) is 4.92. The first-order valence-electron chi connectivity index (χ1n) is 9.18. The van der Waals surface area contributed by atoms with Gasteiger partial charge in [-0.15, -0.1) is 0 Å². The minimum atomic E-state index is -0.238. The number of hydrogen-bond acceptors (Lipinski definition) is 4. The number of benzene rings is 2. The topological polar surface area (TPSA) is 73.2 Å². The van der Waals surface area contributed by atoms with Crippen LogP contribution >= 0.6 is 15.9 Å². The zero-order valence-corrected chi connectivity index (χ0v) is 18.1. The highest BCUT2D eigenvalue weighted by molar-refractivity contribution is 9.10. The highest BCUT2D eigenvalue weighted by Crippen LogP contribution is 2.21. The van der Waals surface area contributed by atoms with Crippen molar-refractivity contribution in [3.8, 4) is 5.69 Å². The van der Waals surface area contributed by atoms with E-state index in [9.17, 15) is 9.59 Å². The van der Waals surface area contributed by atoms with Gasteiger partial charge >= 0.3 is 5.97 Å². The van der Waals surface area contributed by atoms with Crippen molar-refractivity contribution in [2.75, 3.05) is 12.4 Å². The van der Waals surface area contributed by atoms with E-state index in [1.807, 2.05) is 54.9 Å². The van der Waals surface area contributed by atoms with Gasteiger partial charge in [-0.25, -0.2) is 4.68 Å². The van der Waals surface area contributed by atoms with Gasteiger partial charge in [0.15, 0.2) is 0 Å². The third-order valence-electron chi connectivity index (χ3n) is 4.72. The van der Waals surface area contributed by atoms with Gasteiger partial charge in [0.1, 0.15) is 0 Å². The van der Waals surface area contributed by atoms with Crippen LogP contribution in [0.3, 0.4) is 0 Å². The van der Waals surface area contributed by atoms with E-state index in [2.05, 4.69) is 26.3 Å². The quantitative estimate of drug-likeness (QED) is 0.550. The smallest absolute Gasteiger partial charge is 0.305 e. The molecule has 0 unspecified atom stereocenters. The van der Waals surface area contributed by atoms with Crippen LogP contribution in [-0.4, -0.2) is 28.8 Å². The Morgan fingerprint density at radius 1 is 1.07 bits per heavy atom. The Balaban J connectivity index is 1.75. The number of aryl methyl sites for hydroxylation is 1. The van der Waals surface area contributed by atoms with E-state index >= 15 is 0 Å². The molecule has 1 heterocycles. The van der Waals surface area contributed by atoms with Gasteiger partial charge in [-0.05, 0) is 74.4 Å². The van der Waals surface area contributed by atoms with Crippen molar-refractivity contribution in [1.82, 2.24) is 9.78 Å². The van der Waals surface area contributed by atoms with E-state index in [0.29, 0.717) is 18.4 Å². The van der Waals surface area contributed by atoms with Gasteiger partial charge in [-0.1, -0.05) is 15.9 Å². The highest BCUT2D eigenvalue weighted by atomic mass is 79.9. The van der Waals surface area contributed by atoms with E-state index in [0.717, 1.165) is 32.8 Å². The molecule has 6 nitrogen and oxygen atoms in total. The van der Waals surface area contributed by atoms with Crippen LogP contribution in [0.15, 0.2) is 53.0 Å². The molecule has 0 saturated heterocycles. The van der Waals surface area contributed by atoms with Crippen molar-refractivity contribution in [2.24, 2.45) is 0 Å². The molecule has 0 radical (unpaired) electrons. The largest absolute Gasteiger partial charge is 0.469 e. The molecule has 0 bridgehead atoms. The van der Waals surface area contributed by atoms with Crippen molar-refractivity contribution in [3.63, 3.8) is 0 Å². The van der Waals surface area contributed by atoms with Crippen molar-refractivity contribution in [1.29, 1.82) is 0 Å². The van der Waals surface area contributed by atoms with E-state index < -0.39 is 0 Å². The van der Waals surface area contributed by atoms with E-state index in [4.69, 9.17) is 4.74 Å². The minimum absolute atomic E-state index is 0.175. The van der Waals surface area contributed by atoms with Crippen LogP contribution in [0, 0.1) is 13.8 Å². The summed E-state index contributed by atoms with van der Waals surface area (Å²) in [5, 5.41) is 7.47. The number of hydrogen-bond donors (Lipinski definition) is 1. The summed E-state index contributed by atoms with van der Waals surface area (Å²) in [7, 11) is 1.39. The molecule has 3 aromatic rings. The molecular weight excluding hydrogens is 434 g/mol. The number of amides is 1. The van der Waals surface area contributed by atoms with Crippen LogP contribution in [0.25, 0.3) is 5.69 Å². The maximum Gasteiger partial charge on any atom is 0.305 e. The van der Waals surface area contributed by atoms with Gasteiger partial charge in [-0.3, -0.25) is 9.59 Å². The average molecular weight is 456 g/mol. The summed E-state index contributed by atoms with van der Waals surface area (Å²) >= 11 is 3.38. The summed E-state index contributed by atoms with van der Waals surface area (Å²) in [5.41, 5.74) is 5.03. The Bertz CT molecular complexity index is 1020. The van der Waals surface area contributed by atoms with E-state index in [-0.39, 0.29) is 11.9 Å². The second-order valence-corrected chi connectivity index (χ2v) is 7.56. The number of halogens is 1. The molecule has 0 aliphatic heterocycles. The number of esters is 1. The second kappa shape index (κ2) is 9.05. The predicted molar refractivity (Wildman–Crippen MR) is 115 cm³/mol. The minimum Gasteiger partial charge on any atom is -0.469 e. The number of ether oxygens (including phenoxy) is 1. The molecule has 3 rings (SSSR count). The van der Waals surface area contributed by atoms with Gasteiger partial charge in [-0.2, -0.15) is 5.10 Å². The molecule has 1 amide bonds. The molecule has 1 aromatic heterocycles. The molecule has 0 spiro atoms. The Hall–Kier alpha value is -2.93. The number of methoxy groups -OCH3 is 1. The van der Waals surface area contributed by atoms with Crippen LogP contribution in [0.4, 0.5) is 5.69 Å². The Labute approximate surface area is 178 Å². The highest BCUT2D eigenvalue weighted by Gasteiger charge is 2.15. The fraction of sp³-hybridized carbons (Fsp3) is 0.227. The molecule has 0 aliphatic carbocycles. The van der Waals surface area contributed by atoms with Crippen molar-refractivity contribution >= 4 is 33.5 Å². The first-order chi connectivity index (χ1) is 13.9. The number of carbonyl (C=O) groups is 2. The molecule has 0 aliphatic rings. The fourth-order valence-electron chi connectivity index (χ4n) is 3.11. The zero-order valence-electron chi connectivity index (χ0n) is 16.5. The Morgan fingerprint density at radius 3 is 2.34 bits per heavy atom. The van der Waals surface area contributed by atoms with Crippen LogP contribution in [0.5, 0.6) is 0 Å². The van der Waals surface area contributed by atoms with Gasteiger partial charge in [0.2, 0.25) is 0 Å². The number of anilines is 1. The van der Waals surface area contributed by atoms with Crippen LogP contribution < -0.4 is 5.32 Å². The second-order valence-electron chi connectivity index (χ2n) is 6.65. The van der Waals surface area contributed by atoms with E-state index in [1.165, 1.54) is 7.11 Å². The zero-order chi connectivity index (χ0) is 21.0. The first kappa shape index (κ1) is 20.8. The number of aromatic nitrogens is 2. The lowest BCUT2D eigenvalue weighted by atomic mass is 10.1. The lowest BCUT2D eigenvalue weighted by molar-refractivity contribution is -0.140. The summed E-state index contributed by atoms with van der Waals surface area (Å²) in [6, 6.07) is 14.7. The number of carbonyl (C=O) groups excluding carboxylic acids is 2. The molecule has 29 heavy (non-hydrogen) atoms. The maximum absolute atomic E-state index is 12.5. The molecule has 0 saturated carbocycles. The van der Waals surface area contributed by atoms with Crippen molar-refractivity contribution < 1.29 is 14.3 Å². The number of nitrogens with zero attached hydrogens (tertiary/aromatic N) is 2. The van der Waals surface area contributed by atoms with Crippen molar-refractivity contribution in [2.45, 2.75) is 26.7 Å².